The van der Waals surface area contributed by atoms with Gasteiger partial charge in [0.05, 0.1) is 30.7 Å². The van der Waals surface area contributed by atoms with Crippen molar-refractivity contribution < 1.29 is 24.1 Å². The van der Waals surface area contributed by atoms with Crippen molar-refractivity contribution in [1.29, 1.82) is 0 Å². The summed E-state index contributed by atoms with van der Waals surface area (Å²) in [5.41, 5.74) is 15.0. The van der Waals surface area contributed by atoms with Gasteiger partial charge in [-0.2, -0.15) is 0 Å². The fraction of sp³-hybridized carbons (Fsp3) is 0.173. The number of fused-ring (bicyclic) bond motifs is 6. The number of carbonyl (C=O) groups excluding carboxylic acids is 1. The van der Waals surface area contributed by atoms with Crippen molar-refractivity contribution in [2.24, 2.45) is 0 Å². The van der Waals surface area contributed by atoms with Crippen molar-refractivity contribution >= 4 is 40.1 Å². The van der Waals surface area contributed by atoms with E-state index in [0.717, 1.165) is 84.4 Å². The molecule has 2 aliphatic rings. The molecule has 59 heavy (non-hydrogen) atoms. The van der Waals surface area contributed by atoms with E-state index in [1.165, 1.54) is 11.1 Å². The summed E-state index contributed by atoms with van der Waals surface area (Å²) in [6.07, 6.45) is 0. The average Bonchev–Trinajstić information content (AvgIpc) is 3.52. The molecule has 1 atom stereocenters. The molecule has 7 nitrogen and oxygen atoms in total. The van der Waals surface area contributed by atoms with Gasteiger partial charge >= 0.3 is 5.97 Å². The van der Waals surface area contributed by atoms with Crippen molar-refractivity contribution in [3.8, 4) is 17.2 Å². The molecule has 1 unspecified atom stereocenters. The molecule has 0 saturated carbocycles. The fourth-order valence-corrected chi connectivity index (χ4v) is 9.28. The molecule has 294 valence electrons. The van der Waals surface area contributed by atoms with Gasteiger partial charge in [0.25, 0.3) is 0 Å². The Kier molecular flexibility index (Phi) is 9.29. The number of hydrogen-bond acceptors (Lipinski definition) is 7. The Hall–Kier alpha value is -6.83. The molecular weight excluding hydrogens is 733 g/mol. The summed E-state index contributed by atoms with van der Waals surface area (Å²) in [6.45, 7) is 12.7. The van der Waals surface area contributed by atoms with Crippen molar-refractivity contribution in [3.05, 3.63) is 195 Å². The number of aliphatic hydroxyl groups excluding tert-OH is 1. The van der Waals surface area contributed by atoms with E-state index < -0.39 is 5.60 Å². The van der Waals surface area contributed by atoms with Crippen LogP contribution in [0.5, 0.6) is 17.2 Å². The van der Waals surface area contributed by atoms with E-state index in [1.807, 2.05) is 72.8 Å². The van der Waals surface area contributed by atoms with Crippen LogP contribution in [0, 0.1) is 41.5 Å². The SMILES string of the molecule is COc1ccc(N(c2ccc3c(c2)Oc2cc(N(c4ccc(CO)cc4)c4c(C)cc(C)cc4C)ccc2C32OC(=O)c3ccccc32)c2c(C)cc(C)cc2C)cc1. The zero-order valence-electron chi connectivity index (χ0n) is 34.4. The summed E-state index contributed by atoms with van der Waals surface area (Å²) >= 11 is 0. The Bertz CT molecular complexity index is 2590. The van der Waals surface area contributed by atoms with Gasteiger partial charge in [0.2, 0.25) is 0 Å². The third-order valence-corrected chi connectivity index (χ3v) is 11.6. The topological polar surface area (TPSA) is 71.5 Å². The molecule has 1 N–H and O–H groups in total. The van der Waals surface area contributed by atoms with Crippen molar-refractivity contribution in [2.45, 2.75) is 53.8 Å². The highest BCUT2D eigenvalue weighted by Crippen LogP contribution is 2.58. The summed E-state index contributed by atoms with van der Waals surface area (Å²) in [6, 6.07) is 44.8. The normalized spacial score (nSPS) is 14.9. The van der Waals surface area contributed by atoms with E-state index in [1.54, 1.807) is 7.11 Å². The Balaban J connectivity index is 1.27. The third-order valence-electron chi connectivity index (χ3n) is 11.6. The van der Waals surface area contributed by atoms with E-state index >= 15 is 0 Å². The van der Waals surface area contributed by atoms with Gasteiger partial charge < -0.3 is 29.1 Å². The van der Waals surface area contributed by atoms with Crippen LogP contribution in [0.2, 0.25) is 0 Å². The molecular formula is C52H46N2O5. The lowest BCUT2D eigenvalue weighted by atomic mass is 9.77. The van der Waals surface area contributed by atoms with Gasteiger partial charge in [-0.3, -0.25) is 0 Å². The van der Waals surface area contributed by atoms with Crippen LogP contribution < -0.4 is 19.3 Å². The lowest BCUT2D eigenvalue weighted by Gasteiger charge is -2.38. The zero-order valence-corrected chi connectivity index (χ0v) is 34.4. The summed E-state index contributed by atoms with van der Waals surface area (Å²) in [5.74, 6) is 1.55. The summed E-state index contributed by atoms with van der Waals surface area (Å²) in [5, 5.41) is 9.89. The minimum atomic E-state index is -1.25. The van der Waals surface area contributed by atoms with Gasteiger partial charge in [-0.25, -0.2) is 4.79 Å². The van der Waals surface area contributed by atoms with E-state index in [9.17, 15) is 9.90 Å². The van der Waals surface area contributed by atoms with Crippen LogP contribution in [-0.4, -0.2) is 18.2 Å². The molecule has 7 aromatic rings. The van der Waals surface area contributed by atoms with Gasteiger partial charge in [0.15, 0.2) is 5.60 Å². The second kappa shape index (κ2) is 14.5. The maximum Gasteiger partial charge on any atom is 0.340 e. The Morgan fingerprint density at radius 3 is 1.49 bits per heavy atom. The van der Waals surface area contributed by atoms with Gasteiger partial charge in [-0.05, 0) is 136 Å². The number of benzene rings is 7. The number of aryl methyl sites for hydroxylation is 6. The first kappa shape index (κ1) is 37.7. The highest BCUT2D eigenvalue weighted by molar-refractivity contribution is 5.97. The molecule has 0 amide bonds. The Morgan fingerprint density at radius 2 is 1.02 bits per heavy atom. The third kappa shape index (κ3) is 6.21. The van der Waals surface area contributed by atoms with Gasteiger partial charge in [-0.1, -0.05) is 65.7 Å². The number of hydrogen-bond donors (Lipinski definition) is 1. The Labute approximate surface area is 345 Å². The number of ether oxygens (including phenoxy) is 3. The zero-order chi connectivity index (χ0) is 41.2. The highest BCUT2D eigenvalue weighted by atomic mass is 16.6. The number of carbonyl (C=O) groups is 1. The number of methoxy groups -OCH3 is 1. The number of nitrogens with zero attached hydrogens (tertiary/aromatic N) is 2. The molecule has 0 fully saturated rings. The molecule has 7 heteroatoms. The lowest BCUT2D eigenvalue weighted by molar-refractivity contribution is 0.0224. The highest BCUT2D eigenvalue weighted by Gasteiger charge is 2.53. The van der Waals surface area contributed by atoms with E-state index in [2.05, 4.69) is 112 Å². The predicted octanol–water partition coefficient (Wildman–Crippen LogP) is 12.5. The molecule has 1 spiro atoms. The molecule has 9 rings (SSSR count). The number of rotatable bonds is 8. The van der Waals surface area contributed by atoms with Gasteiger partial charge in [-0.15, -0.1) is 0 Å². The first-order valence-corrected chi connectivity index (χ1v) is 19.9. The first-order valence-electron chi connectivity index (χ1n) is 19.9. The minimum Gasteiger partial charge on any atom is -0.497 e. The lowest BCUT2D eigenvalue weighted by Crippen LogP contribution is -2.33. The van der Waals surface area contributed by atoms with Crippen LogP contribution in [-0.2, 0) is 16.9 Å². The monoisotopic (exact) mass is 778 g/mol. The van der Waals surface area contributed by atoms with Gasteiger partial charge in [0.1, 0.15) is 17.2 Å². The van der Waals surface area contributed by atoms with Crippen LogP contribution in [0.4, 0.5) is 34.1 Å². The van der Waals surface area contributed by atoms with Crippen LogP contribution in [0.1, 0.15) is 66.0 Å². The van der Waals surface area contributed by atoms with E-state index in [0.29, 0.717) is 17.1 Å². The van der Waals surface area contributed by atoms with Crippen molar-refractivity contribution in [3.63, 3.8) is 0 Å². The summed E-state index contributed by atoms with van der Waals surface area (Å²) in [4.78, 5) is 18.3. The average molecular weight is 779 g/mol. The van der Waals surface area contributed by atoms with Crippen LogP contribution in [0.3, 0.4) is 0 Å². The molecule has 7 aromatic carbocycles. The molecule has 2 aliphatic heterocycles. The maximum atomic E-state index is 13.9. The molecule has 0 aromatic heterocycles. The minimum absolute atomic E-state index is 0.0435. The van der Waals surface area contributed by atoms with Crippen LogP contribution >= 0.6 is 0 Å². The summed E-state index contributed by atoms with van der Waals surface area (Å²) < 4.78 is 19.2. The van der Waals surface area contributed by atoms with Crippen molar-refractivity contribution in [1.82, 2.24) is 0 Å². The molecule has 0 bridgehead atoms. The fourth-order valence-electron chi connectivity index (χ4n) is 9.28. The van der Waals surface area contributed by atoms with E-state index in [-0.39, 0.29) is 12.6 Å². The molecule has 2 heterocycles. The quantitative estimate of drug-likeness (QED) is 0.154. The number of esters is 1. The first-order chi connectivity index (χ1) is 28.5. The predicted molar refractivity (Wildman–Crippen MR) is 235 cm³/mol. The standard InChI is InChI=1S/C52H46N2O5/c1-31-24-33(3)49(34(4)25-31)53(38-14-12-37(30-55)13-15-38)40-18-22-45-47(28-40)58-48-29-41(19-23-46(48)52(45)44-11-9-8-10-43(44)51(56)59-52)54(39-16-20-42(57-7)21-17-39)50-35(5)26-32(2)27-36(50)6/h8-29,55H,30H2,1-7H3. The second-order valence-electron chi connectivity index (χ2n) is 15.8. The maximum absolute atomic E-state index is 13.9. The Morgan fingerprint density at radius 1 is 0.559 bits per heavy atom. The molecule has 0 radical (unpaired) electrons. The van der Waals surface area contributed by atoms with Crippen molar-refractivity contribution in [2.75, 3.05) is 16.9 Å². The van der Waals surface area contributed by atoms with Crippen LogP contribution in [0.25, 0.3) is 0 Å². The molecule has 0 aliphatic carbocycles. The summed E-state index contributed by atoms with van der Waals surface area (Å²) in [7, 11) is 1.67. The van der Waals surface area contributed by atoms with Gasteiger partial charge in [0, 0.05) is 51.6 Å². The number of anilines is 6. The number of aliphatic hydroxyl groups is 1. The molecule has 0 saturated heterocycles. The van der Waals surface area contributed by atoms with Crippen LogP contribution in [0.15, 0.2) is 133 Å². The van der Waals surface area contributed by atoms with E-state index in [4.69, 9.17) is 14.2 Å². The smallest absolute Gasteiger partial charge is 0.340 e. The second-order valence-corrected chi connectivity index (χ2v) is 15.8. The largest absolute Gasteiger partial charge is 0.497 e.